The lowest BCUT2D eigenvalue weighted by atomic mass is 10.1. The number of carbonyl (C=O) groups excluding carboxylic acids is 1. The Labute approximate surface area is 216 Å². The highest BCUT2D eigenvalue weighted by Crippen LogP contribution is 2.38. The fourth-order valence-electron chi connectivity index (χ4n) is 3.85. The first-order chi connectivity index (χ1) is 18.0. The summed E-state index contributed by atoms with van der Waals surface area (Å²) in [7, 11) is 4.62. The van der Waals surface area contributed by atoms with Gasteiger partial charge in [-0.15, -0.1) is 11.3 Å². The third-order valence-corrected chi connectivity index (χ3v) is 6.36. The van der Waals surface area contributed by atoms with E-state index in [0.717, 1.165) is 16.7 Å². The quantitative estimate of drug-likeness (QED) is 0.263. The molecule has 10 heteroatoms. The highest BCUT2D eigenvalue weighted by atomic mass is 32.1. The van der Waals surface area contributed by atoms with Crippen molar-refractivity contribution >= 4 is 40.1 Å². The predicted molar refractivity (Wildman–Crippen MR) is 143 cm³/mol. The topological polar surface area (TPSA) is 101 Å². The lowest BCUT2D eigenvalue weighted by molar-refractivity contribution is -0.111. The molecule has 1 amide bonds. The molecule has 0 saturated carbocycles. The molecule has 0 aliphatic rings. The molecule has 37 heavy (non-hydrogen) atoms. The molecule has 0 aliphatic carbocycles. The number of carbonyl (C=O) groups is 1. The molecular weight excluding hydrogens is 492 g/mol. The number of thiazole rings is 1. The van der Waals surface area contributed by atoms with Gasteiger partial charge in [0.1, 0.15) is 17.1 Å². The van der Waals surface area contributed by atoms with Crippen molar-refractivity contribution in [2.45, 2.75) is 6.92 Å². The van der Waals surface area contributed by atoms with Crippen LogP contribution in [-0.4, -0.2) is 42.0 Å². The number of nitrogens with one attached hydrogen (secondary N) is 1. The van der Waals surface area contributed by atoms with Crippen molar-refractivity contribution in [1.29, 1.82) is 0 Å². The molecule has 5 aromatic rings. The van der Waals surface area contributed by atoms with Gasteiger partial charge in [-0.1, -0.05) is 18.2 Å². The summed E-state index contributed by atoms with van der Waals surface area (Å²) in [4.78, 5) is 17.5. The molecule has 0 atom stereocenters. The number of benzene rings is 2. The van der Waals surface area contributed by atoms with Crippen LogP contribution >= 0.6 is 11.3 Å². The molecule has 0 fully saturated rings. The number of rotatable bonds is 8. The number of ether oxygens (including phenoxy) is 3. The standard InChI is InChI=1S/C27H24N4O5S/c1-16-11-24(29-25(32)10-9-17-12-22(33-2)26(35-4)23(13-17)34-3)31(30-16)27-28-19(15-37-27)21-14-18-7-5-6-8-20(18)36-21/h5-15H,1-4H3,(H,29,32)/b10-9+. The van der Waals surface area contributed by atoms with E-state index < -0.39 is 0 Å². The van der Waals surface area contributed by atoms with E-state index in [1.165, 1.54) is 24.5 Å². The van der Waals surface area contributed by atoms with Gasteiger partial charge in [-0.05, 0) is 42.8 Å². The molecule has 188 valence electrons. The number of nitrogens with zero attached hydrogens (tertiary/aromatic N) is 3. The molecule has 2 aromatic carbocycles. The Kier molecular flexibility index (Phi) is 6.65. The molecule has 3 aromatic heterocycles. The van der Waals surface area contributed by atoms with E-state index in [4.69, 9.17) is 23.6 Å². The molecule has 1 N–H and O–H groups in total. The molecule has 0 radical (unpaired) electrons. The van der Waals surface area contributed by atoms with Crippen molar-refractivity contribution in [3.05, 3.63) is 71.2 Å². The average Bonchev–Trinajstić information content (AvgIpc) is 3.64. The number of hydrogen-bond acceptors (Lipinski definition) is 8. The zero-order valence-corrected chi connectivity index (χ0v) is 21.5. The van der Waals surface area contributed by atoms with Crippen LogP contribution in [0.1, 0.15) is 11.3 Å². The third-order valence-electron chi connectivity index (χ3n) is 5.55. The van der Waals surface area contributed by atoms with Gasteiger partial charge in [-0.3, -0.25) is 4.79 Å². The van der Waals surface area contributed by atoms with Gasteiger partial charge in [0.2, 0.25) is 16.8 Å². The molecule has 0 bridgehead atoms. The van der Waals surface area contributed by atoms with E-state index in [0.29, 0.717) is 45.2 Å². The van der Waals surface area contributed by atoms with Crippen LogP contribution in [0.2, 0.25) is 0 Å². The second-order valence-electron chi connectivity index (χ2n) is 8.03. The average molecular weight is 517 g/mol. The number of aromatic nitrogens is 3. The zero-order valence-electron chi connectivity index (χ0n) is 20.6. The normalized spacial score (nSPS) is 11.2. The summed E-state index contributed by atoms with van der Waals surface area (Å²) in [5.41, 5.74) is 2.95. The van der Waals surface area contributed by atoms with Gasteiger partial charge in [-0.25, -0.2) is 4.98 Å². The Bertz CT molecular complexity index is 1560. The first-order valence-electron chi connectivity index (χ1n) is 11.3. The van der Waals surface area contributed by atoms with E-state index in [9.17, 15) is 4.79 Å². The van der Waals surface area contributed by atoms with E-state index >= 15 is 0 Å². The molecule has 9 nitrogen and oxygen atoms in total. The van der Waals surface area contributed by atoms with Crippen molar-refractivity contribution in [3.63, 3.8) is 0 Å². The van der Waals surface area contributed by atoms with Crippen molar-refractivity contribution < 1.29 is 23.4 Å². The Morgan fingerprint density at radius 3 is 2.51 bits per heavy atom. The minimum absolute atomic E-state index is 0.330. The number of para-hydroxylation sites is 1. The lowest BCUT2D eigenvalue weighted by Crippen LogP contribution is -2.12. The highest BCUT2D eigenvalue weighted by Gasteiger charge is 2.16. The summed E-state index contributed by atoms with van der Waals surface area (Å²) in [5, 5.41) is 10.9. The van der Waals surface area contributed by atoms with E-state index in [1.54, 1.807) is 43.2 Å². The Hall–Kier alpha value is -4.57. The second-order valence-corrected chi connectivity index (χ2v) is 8.86. The van der Waals surface area contributed by atoms with Crippen molar-refractivity contribution in [2.24, 2.45) is 0 Å². The lowest BCUT2D eigenvalue weighted by Gasteiger charge is -2.12. The van der Waals surface area contributed by atoms with Crippen molar-refractivity contribution in [1.82, 2.24) is 14.8 Å². The Balaban J connectivity index is 1.36. The van der Waals surface area contributed by atoms with Crippen LogP contribution in [0.5, 0.6) is 17.2 Å². The molecule has 3 heterocycles. The minimum Gasteiger partial charge on any atom is -0.493 e. The monoisotopic (exact) mass is 516 g/mol. The van der Waals surface area contributed by atoms with Crippen LogP contribution in [0.25, 0.3) is 33.6 Å². The maximum atomic E-state index is 12.8. The number of aryl methyl sites for hydroxylation is 1. The first kappa shape index (κ1) is 24.1. The fraction of sp³-hybridized carbons (Fsp3) is 0.148. The number of anilines is 1. The second kappa shape index (κ2) is 10.2. The van der Waals surface area contributed by atoms with Gasteiger partial charge < -0.3 is 23.9 Å². The van der Waals surface area contributed by atoms with Gasteiger partial charge >= 0.3 is 0 Å². The first-order valence-corrected chi connectivity index (χ1v) is 12.2. The number of fused-ring (bicyclic) bond motifs is 1. The van der Waals surface area contributed by atoms with Crippen LogP contribution < -0.4 is 19.5 Å². The number of methoxy groups -OCH3 is 3. The number of hydrogen-bond donors (Lipinski definition) is 1. The summed E-state index contributed by atoms with van der Waals surface area (Å²) in [6.07, 6.45) is 3.09. The van der Waals surface area contributed by atoms with Crippen molar-refractivity contribution in [2.75, 3.05) is 26.6 Å². The van der Waals surface area contributed by atoms with Gasteiger partial charge in [-0.2, -0.15) is 9.78 Å². The minimum atomic E-state index is -0.330. The van der Waals surface area contributed by atoms with Crippen LogP contribution in [0.4, 0.5) is 5.82 Å². The van der Waals surface area contributed by atoms with Crippen LogP contribution in [0.3, 0.4) is 0 Å². The molecular formula is C27H24N4O5S. The maximum Gasteiger partial charge on any atom is 0.249 e. The molecule has 0 saturated heterocycles. The zero-order chi connectivity index (χ0) is 25.9. The van der Waals surface area contributed by atoms with E-state index in [-0.39, 0.29) is 5.91 Å². The van der Waals surface area contributed by atoms with Crippen LogP contribution in [0.15, 0.2) is 64.4 Å². The fourth-order valence-corrected chi connectivity index (χ4v) is 4.63. The van der Waals surface area contributed by atoms with Crippen LogP contribution in [-0.2, 0) is 4.79 Å². The summed E-state index contributed by atoms with van der Waals surface area (Å²) in [6, 6.07) is 15.1. The van der Waals surface area contributed by atoms with Crippen LogP contribution in [0, 0.1) is 6.92 Å². The molecule has 5 rings (SSSR count). The molecule has 0 spiro atoms. The Morgan fingerprint density at radius 2 is 1.81 bits per heavy atom. The summed E-state index contributed by atoms with van der Waals surface area (Å²) < 4.78 is 23.6. The van der Waals surface area contributed by atoms with E-state index in [1.807, 2.05) is 42.6 Å². The third kappa shape index (κ3) is 4.91. The van der Waals surface area contributed by atoms with Gasteiger partial charge in [0.15, 0.2) is 17.3 Å². The van der Waals surface area contributed by atoms with E-state index in [2.05, 4.69) is 10.4 Å². The number of amides is 1. The Morgan fingerprint density at radius 1 is 1.05 bits per heavy atom. The SMILES string of the molecule is COc1cc(/C=C/C(=O)Nc2cc(C)nn2-c2nc(-c3cc4ccccc4o3)cs2)cc(OC)c1OC. The van der Waals surface area contributed by atoms with Gasteiger partial charge in [0, 0.05) is 22.9 Å². The van der Waals surface area contributed by atoms with Gasteiger partial charge in [0.05, 0.1) is 27.0 Å². The summed E-state index contributed by atoms with van der Waals surface area (Å²) >= 11 is 1.40. The highest BCUT2D eigenvalue weighted by molar-refractivity contribution is 7.12. The molecule has 0 aliphatic heterocycles. The van der Waals surface area contributed by atoms with Gasteiger partial charge in [0.25, 0.3) is 0 Å². The summed E-state index contributed by atoms with van der Waals surface area (Å²) in [6.45, 7) is 1.85. The molecule has 0 unspecified atom stereocenters. The van der Waals surface area contributed by atoms with Crippen molar-refractivity contribution in [3.8, 4) is 33.8 Å². The predicted octanol–water partition coefficient (Wildman–Crippen LogP) is 5.73. The largest absolute Gasteiger partial charge is 0.493 e. The summed E-state index contributed by atoms with van der Waals surface area (Å²) in [5.74, 6) is 2.33. The number of furan rings is 1. The smallest absolute Gasteiger partial charge is 0.249 e. The maximum absolute atomic E-state index is 12.8.